The van der Waals surface area contributed by atoms with Gasteiger partial charge in [0, 0.05) is 22.9 Å². The third-order valence-corrected chi connectivity index (χ3v) is 2.92. The van der Waals surface area contributed by atoms with Crippen molar-refractivity contribution in [2.75, 3.05) is 0 Å². The van der Waals surface area contributed by atoms with Gasteiger partial charge in [-0.25, -0.2) is 0 Å². The van der Waals surface area contributed by atoms with Gasteiger partial charge < -0.3 is 0 Å². The molecule has 1 aromatic carbocycles. The monoisotopic (exact) mass is 255 g/mol. The third-order valence-electron chi connectivity index (χ3n) is 2.55. The van der Waals surface area contributed by atoms with Crippen molar-refractivity contribution in [3.63, 3.8) is 0 Å². The predicted octanol–water partition coefficient (Wildman–Crippen LogP) is 3.57. The van der Waals surface area contributed by atoms with Gasteiger partial charge in [-0.1, -0.05) is 12.1 Å². The zero-order valence-corrected chi connectivity index (χ0v) is 10.9. The van der Waals surface area contributed by atoms with E-state index in [0.29, 0.717) is 10.5 Å². The maximum absolute atomic E-state index is 12.0. The quantitative estimate of drug-likeness (QED) is 0.516. The number of aromatic nitrogens is 1. The lowest BCUT2D eigenvalue weighted by molar-refractivity contribution is 0.104. The smallest absolute Gasteiger partial charge is 0.186 e. The second-order valence-electron chi connectivity index (χ2n) is 4.00. The van der Waals surface area contributed by atoms with Gasteiger partial charge in [0.2, 0.25) is 0 Å². The molecule has 0 saturated heterocycles. The molecule has 0 unspecified atom stereocenters. The number of allylic oxidation sites excluding steroid dienone is 1. The number of aryl methyl sites for hydroxylation is 1. The van der Waals surface area contributed by atoms with E-state index in [9.17, 15) is 4.79 Å². The van der Waals surface area contributed by atoms with E-state index >= 15 is 0 Å². The van der Waals surface area contributed by atoms with Gasteiger partial charge in [0.1, 0.15) is 0 Å². The molecule has 2 aromatic rings. The van der Waals surface area contributed by atoms with Crippen molar-refractivity contribution in [2.45, 2.75) is 11.8 Å². The van der Waals surface area contributed by atoms with Gasteiger partial charge in [-0.15, -0.1) is 12.6 Å². The van der Waals surface area contributed by atoms with E-state index < -0.39 is 0 Å². The Labute approximate surface area is 112 Å². The van der Waals surface area contributed by atoms with Gasteiger partial charge >= 0.3 is 0 Å². The summed E-state index contributed by atoms with van der Waals surface area (Å²) < 4.78 is 0. The average molecular weight is 255 g/mol. The first kappa shape index (κ1) is 12.6. The number of carbonyl (C=O) groups is 1. The molecule has 0 radical (unpaired) electrons. The predicted molar refractivity (Wildman–Crippen MR) is 76.0 cm³/mol. The molecular formula is C15H13NOS. The molecule has 0 aliphatic rings. The summed E-state index contributed by atoms with van der Waals surface area (Å²) in [6.07, 6.45) is 6.72. The molecule has 0 aliphatic heterocycles. The Morgan fingerprint density at radius 3 is 2.61 bits per heavy atom. The number of rotatable bonds is 3. The van der Waals surface area contributed by atoms with Crippen molar-refractivity contribution < 1.29 is 4.79 Å². The molecule has 0 spiro atoms. The largest absolute Gasteiger partial charge is 0.289 e. The molecule has 1 aromatic heterocycles. The van der Waals surface area contributed by atoms with Gasteiger partial charge in [0.05, 0.1) is 0 Å². The van der Waals surface area contributed by atoms with E-state index in [-0.39, 0.29) is 5.78 Å². The van der Waals surface area contributed by atoms with Gasteiger partial charge in [-0.05, 0) is 48.4 Å². The highest BCUT2D eigenvalue weighted by Gasteiger charge is 2.05. The summed E-state index contributed by atoms with van der Waals surface area (Å²) in [5, 5.41) is 0. The number of carbonyl (C=O) groups excluding carboxylic acids is 1. The minimum Gasteiger partial charge on any atom is -0.289 e. The van der Waals surface area contributed by atoms with Crippen molar-refractivity contribution in [3.05, 3.63) is 65.5 Å². The fourth-order valence-corrected chi connectivity index (χ4v) is 1.97. The van der Waals surface area contributed by atoms with Crippen LogP contribution in [-0.2, 0) is 0 Å². The zero-order valence-electron chi connectivity index (χ0n) is 10.00. The number of hydrogen-bond donors (Lipinski definition) is 1. The third kappa shape index (κ3) is 3.08. The maximum Gasteiger partial charge on any atom is 0.186 e. The highest BCUT2D eigenvalue weighted by molar-refractivity contribution is 7.80. The summed E-state index contributed by atoms with van der Waals surface area (Å²) in [4.78, 5) is 16.6. The van der Waals surface area contributed by atoms with Crippen molar-refractivity contribution >= 4 is 24.5 Å². The SMILES string of the molecule is Cc1ccc(C(=O)C=Cc2ccncc2)c(S)c1. The van der Waals surface area contributed by atoms with E-state index in [0.717, 1.165) is 11.1 Å². The second kappa shape index (κ2) is 5.65. The lowest BCUT2D eigenvalue weighted by Gasteiger charge is -2.02. The first-order valence-corrected chi connectivity index (χ1v) is 6.03. The van der Waals surface area contributed by atoms with Crippen LogP contribution in [0.5, 0.6) is 0 Å². The molecule has 2 rings (SSSR count). The Kier molecular flexibility index (Phi) is 3.95. The molecule has 0 atom stereocenters. The molecule has 0 bridgehead atoms. The summed E-state index contributed by atoms with van der Waals surface area (Å²) >= 11 is 4.32. The number of ketones is 1. The molecule has 0 N–H and O–H groups in total. The molecule has 90 valence electrons. The van der Waals surface area contributed by atoms with Crippen LogP contribution in [0.15, 0.2) is 53.7 Å². The Balaban J connectivity index is 2.20. The zero-order chi connectivity index (χ0) is 13.0. The van der Waals surface area contributed by atoms with Crippen LogP contribution >= 0.6 is 12.6 Å². The summed E-state index contributed by atoms with van der Waals surface area (Å²) in [5.41, 5.74) is 2.66. The molecule has 0 saturated carbocycles. The van der Waals surface area contributed by atoms with Gasteiger partial charge in [0.15, 0.2) is 5.78 Å². The topological polar surface area (TPSA) is 30.0 Å². The second-order valence-corrected chi connectivity index (χ2v) is 4.48. The number of thiol groups is 1. The summed E-state index contributed by atoms with van der Waals surface area (Å²) in [7, 11) is 0. The molecule has 0 amide bonds. The number of pyridine rings is 1. The van der Waals surface area contributed by atoms with E-state index in [1.807, 2.05) is 31.2 Å². The minimum absolute atomic E-state index is 0.0446. The van der Waals surface area contributed by atoms with Crippen LogP contribution in [0.2, 0.25) is 0 Å². The van der Waals surface area contributed by atoms with Crippen molar-refractivity contribution in [1.29, 1.82) is 0 Å². The Morgan fingerprint density at radius 2 is 1.94 bits per heavy atom. The van der Waals surface area contributed by atoms with Crippen molar-refractivity contribution in [1.82, 2.24) is 4.98 Å². The average Bonchev–Trinajstić information content (AvgIpc) is 2.37. The van der Waals surface area contributed by atoms with Crippen molar-refractivity contribution in [2.24, 2.45) is 0 Å². The Hall–Kier alpha value is -1.87. The Morgan fingerprint density at radius 1 is 1.22 bits per heavy atom. The number of nitrogens with zero attached hydrogens (tertiary/aromatic N) is 1. The molecular weight excluding hydrogens is 242 g/mol. The minimum atomic E-state index is -0.0446. The standard InChI is InChI=1S/C15H13NOS/c1-11-2-4-13(15(18)10-11)14(17)5-3-12-6-8-16-9-7-12/h2-10,18H,1H3. The van der Waals surface area contributed by atoms with E-state index in [1.54, 1.807) is 30.6 Å². The summed E-state index contributed by atoms with van der Waals surface area (Å²) in [6.45, 7) is 1.97. The molecule has 1 heterocycles. The molecule has 0 fully saturated rings. The lowest BCUT2D eigenvalue weighted by atomic mass is 10.1. The van der Waals surface area contributed by atoms with Gasteiger partial charge in [-0.2, -0.15) is 0 Å². The first-order chi connectivity index (χ1) is 8.66. The van der Waals surface area contributed by atoms with E-state index in [2.05, 4.69) is 17.6 Å². The molecule has 2 nitrogen and oxygen atoms in total. The van der Waals surface area contributed by atoms with E-state index in [4.69, 9.17) is 0 Å². The van der Waals surface area contributed by atoms with Crippen LogP contribution in [0.3, 0.4) is 0 Å². The normalized spacial score (nSPS) is 10.8. The first-order valence-electron chi connectivity index (χ1n) is 5.59. The number of benzene rings is 1. The summed E-state index contributed by atoms with van der Waals surface area (Å²) in [6, 6.07) is 9.29. The molecule has 3 heteroatoms. The lowest BCUT2D eigenvalue weighted by Crippen LogP contribution is -1.96. The highest BCUT2D eigenvalue weighted by atomic mass is 32.1. The summed E-state index contributed by atoms with van der Waals surface area (Å²) in [5.74, 6) is -0.0446. The van der Waals surface area contributed by atoms with Crippen LogP contribution < -0.4 is 0 Å². The van der Waals surface area contributed by atoms with Crippen LogP contribution in [0.1, 0.15) is 21.5 Å². The molecule has 0 aliphatic carbocycles. The number of hydrogen-bond acceptors (Lipinski definition) is 3. The molecule has 18 heavy (non-hydrogen) atoms. The maximum atomic E-state index is 12.0. The van der Waals surface area contributed by atoms with Crippen LogP contribution in [0.4, 0.5) is 0 Å². The fourth-order valence-electron chi connectivity index (χ4n) is 1.59. The van der Waals surface area contributed by atoms with Crippen molar-refractivity contribution in [3.8, 4) is 0 Å². The highest BCUT2D eigenvalue weighted by Crippen LogP contribution is 2.17. The van der Waals surface area contributed by atoms with Crippen LogP contribution in [0, 0.1) is 6.92 Å². The van der Waals surface area contributed by atoms with Gasteiger partial charge in [0.25, 0.3) is 0 Å². The van der Waals surface area contributed by atoms with Crippen LogP contribution in [0.25, 0.3) is 6.08 Å². The van der Waals surface area contributed by atoms with Crippen LogP contribution in [-0.4, -0.2) is 10.8 Å². The van der Waals surface area contributed by atoms with Gasteiger partial charge in [-0.3, -0.25) is 9.78 Å². The van der Waals surface area contributed by atoms with E-state index in [1.165, 1.54) is 0 Å². The Bertz CT molecular complexity index is 591. The fraction of sp³-hybridized carbons (Fsp3) is 0.0667.